The van der Waals surface area contributed by atoms with E-state index in [0.29, 0.717) is 11.8 Å². The zero-order valence-corrected chi connectivity index (χ0v) is 13.4. The van der Waals surface area contributed by atoms with E-state index in [9.17, 15) is 4.79 Å². The highest BCUT2D eigenvalue weighted by atomic mass is 35.5. The lowest BCUT2D eigenvalue weighted by Crippen LogP contribution is -2.33. The maximum atomic E-state index is 12.7. The maximum Gasteiger partial charge on any atom is 0.241 e. The standard InChI is InChI=1S/C17H23ClN2O/c1-11(2)9-15-17(21)20(10-12-3-4-12)16(19-15)13-5-7-14(18)8-6-13/h5-8,11-12,15-16,19H,3-4,9-10H2,1-2H3. The van der Waals surface area contributed by atoms with Crippen molar-refractivity contribution in [3.8, 4) is 0 Å². The predicted molar refractivity (Wildman–Crippen MR) is 85.0 cm³/mol. The second-order valence-electron chi connectivity index (χ2n) is 6.74. The summed E-state index contributed by atoms with van der Waals surface area (Å²) in [5.74, 6) is 1.47. The van der Waals surface area contributed by atoms with Crippen LogP contribution in [0, 0.1) is 11.8 Å². The average molecular weight is 307 g/mol. The van der Waals surface area contributed by atoms with Crippen molar-refractivity contribution in [1.29, 1.82) is 0 Å². The van der Waals surface area contributed by atoms with Crippen molar-refractivity contribution in [2.24, 2.45) is 11.8 Å². The molecule has 3 nitrogen and oxygen atoms in total. The Bertz CT molecular complexity index is 510. The number of carbonyl (C=O) groups is 1. The summed E-state index contributed by atoms with van der Waals surface area (Å²) in [4.78, 5) is 14.7. The minimum absolute atomic E-state index is 0.000818. The molecule has 1 heterocycles. The van der Waals surface area contributed by atoms with E-state index >= 15 is 0 Å². The Kier molecular flexibility index (Phi) is 4.23. The van der Waals surface area contributed by atoms with Crippen LogP contribution in [0.3, 0.4) is 0 Å². The Morgan fingerprint density at radius 2 is 1.95 bits per heavy atom. The van der Waals surface area contributed by atoms with Gasteiger partial charge in [0.25, 0.3) is 0 Å². The molecule has 114 valence electrons. The van der Waals surface area contributed by atoms with Crippen LogP contribution < -0.4 is 5.32 Å². The first kappa shape index (κ1) is 14.9. The molecule has 1 aliphatic heterocycles. The number of nitrogens with zero attached hydrogens (tertiary/aromatic N) is 1. The van der Waals surface area contributed by atoms with Crippen LogP contribution >= 0.6 is 11.6 Å². The molecule has 1 aromatic carbocycles. The molecule has 2 fully saturated rings. The van der Waals surface area contributed by atoms with Gasteiger partial charge in [-0.2, -0.15) is 0 Å². The van der Waals surface area contributed by atoms with Crippen molar-refractivity contribution in [3.05, 3.63) is 34.9 Å². The predicted octanol–water partition coefficient (Wildman–Crippen LogP) is 3.60. The molecule has 1 amide bonds. The fraction of sp³-hybridized carbons (Fsp3) is 0.588. The van der Waals surface area contributed by atoms with Crippen LogP contribution in [0.25, 0.3) is 0 Å². The van der Waals surface area contributed by atoms with Gasteiger partial charge in [-0.05, 0) is 48.8 Å². The first-order chi connectivity index (χ1) is 10.0. The number of amides is 1. The summed E-state index contributed by atoms with van der Waals surface area (Å²) in [5, 5.41) is 4.26. The van der Waals surface area contributed by atoms with Gasteiger partial charge in [-0.25, -0.2) is 0 Å². The third-order valence-corrected chi connectivity index (χ3v) is 4.55. The smallest absolute Gasteiger partial charge is 0.241 e. The zero-order chi connectivity index (χ0) is 15.0. The van der Waals surface area contributed by atoms with Crippen LogP contribution in [0.4, 0.5) is 0 Å². The van der Waals surface area contributed by atoms with Crippen molar-refractivity contribution in [2.45, 2.75) is 45.3 Å². The van der Waals surface area contributed by atoms with Gasteiger partial charge in [-0.3, -0.25) is 10.1 Å². The lowest BCUT2D eigenvalue weighted by Gasteiger charge is -2.24. The molecule has 1 N–H and O–H groups in total. The number of nitrogens with one attached hydrogen (secondary N) is 1. The fourth-order valence-corrected chi connectivity index (χ4v) is 3.14. The lowest BCUT2D eigenvalue weighted by molar-refractivity contribution is -0.130. The summed E-state index contributed by atoms with van der Waals surface area (Å²) in [7, 11) is 0. The van der Waals surface area contributed by atoms with Gasteiger partial charge in [0.2, 0.25) is 5.91 Å². The first-order valence-electron chi connectivity index (χ1n) is 7.86. The number of hydrogen-bond acceptors (Lipinski definition) is 2. The molecule has 2 aliphatic rings. The zero-order valence-electron chi connectivity index (χ0n) is 12.7. The van der Waals surface area contributed by atoms with E-state index in [2.05, 4.69) is 19.2 Å². The number of halogens is 1. The highest BCUT2D eigenvalue weighted by molar-refractivity contribution is 6.30. The number of rotatable bonds is 5. The van der Waals surface area contributed by atoms with E-state index in [4.69, 9.17) is 11.6 Å². The molecule has 2 unspecified atom stereocenters. The van der Waals surface area contributed by atoms with E-state index in [-0.39, 0.29) is 18.1 Å². The Labute approximate surface area is 131 Å². The summed E-state index contributed by atoms with van der Waals surface area (Å²) < 4.78 is 0. The lowest BCUT2D eigenvalue weighted by atomic mass is 10.0. The molecule has 4 heteroatoms. The van der Waals surface area contributed by atoms with Gasteiger partial charge in [0, 0.05) is 11.6 Å². The summed E-state index contributed by atoms with van der Waals surface area (Å²) in [5.41, 5.74) is 1.12. The fourth-order valence-electron chi connectivity index (χ4n) is 3.01. The van der Waals surface area contributed by atoms with Crippen LogP contribution in [0.1, 0.15) is 44.8 Å². The highest BCUT2D eigenvalue weighted by Crippen LogP contribution is 2.35. The van der Waals surface area contributed by atoms with E-state index in [1.165, 1.54) is 12.8 Å². The maximum absolute atomic E-state index is 12.7. The monoisotopic (exact) mass is 306 g/mol. The van der Waals surface area contributed by atoms with Gasteiger partial charge in [-0.1, -0.05) is 37.6 Å². The van der Waals surface area contributed by atoms with E-state index in [0.717, 1.165) is 23.6 Å². The van der Waals surface area contributed by atoms with Crippen molar-refractivity contribution in [2.75, 3.05) is 6.54 Å². The third-order valence-electron chi connectivity index (χ3n) is 4.30. The van der Waals surface area contributed by atoms with E-state index in [1.807, 2.05) is 29.2 Å². The van der Waals surface area contributed by atoms with Crippen LogP contribution in [0.15, 0.2) is 24.3 Å². The highest BCUT2D eigenvalue weighted by Gasteiger charge is 2.41. The molecule has 0 aromatic heterocycles. The number of benzene rings is 1. The van der Waals surface area contributed by atoms with Crippen molar-refractivity contribution >= 4 is 17.5 Å². The molecule has 1 aliphatic carbocycles. The summed E-state index contributed by atoms with van der Waals surface area (Å²) >= 11 is 5.97. The molecule has 0 spiro atoms. The molecule has 1 saturated heterocycles. The molecular formula is C17H23ClN2O. The second-order valence-corrected chi connectivity index (χ2v) is 7.17. The van der Waals surface area contributed by atoms with Gasteiger partial charge >= 0.3 is 0 Å². The largest absolute Gasteiger partial charge is 0.321 e. The normalized spacial score (nSPS) is 25.9. The Hall–Kier alpha value is -1.06. The van der Waals surface area contributed by atoms with Crippen LogP contribution in [0.5, 0.6) is 0 Å². The number of hydrogen-bond donors (Lipinski definition) is 1. The van der Waals surface area contributed by atoms with Gasteiger partial charge in [0.1, 0.15) is 6.17 Å². The summed E-state index contributed by atoms with van der Waals surface area (Å²) in [6.07, 6.45) is 3.40. The Balaban J connectivity index is 1.81. The van der Waals surface area contributed by atoms with Gasteiger partial charge in [0.15, 0.2) is 0 Å². The molecular weight excluding hydrogens is 284 g/mol. The van der Waals surface area contributed by atoms with Crippen molar-refractivity contribution < 1.29 is 4.79 Å². The molecule has 2 atom stereocenters. The minimum atomic E-state index is -0.0515. The SMILES string of the molecule is CC(C)CC1NC(c2ccc(Cl)cc2)N(CC2CC2)C1=O. The minimum Gasteiger partial charge on any atom is -0.321 e. The second kappa shape index (κ2) is 5.98. The summed E-state index contributed by atoms with van der Waals surface area (Å²) in [6, 6.07) is 7.78. The third kappa shape index (κ3) is 3.41. The Morgan fingerprint density at radius 1 is 1.29 bits per heavy atom. The molecule has 3 rings (SSSR count). The Morgan fingerprint density at radius 3 is 2.52 bits per heavy atom. The topological polar surface area (TPSA) is 32.3 Å². The van der Waals surface area contributed by atoms with Gasteiger partial charge in [-0.15, -0.1) is 0 Å². The molecule has 21 heavy (non-hydrogen) atoms. The number of carbonyl (C=O) groups excluding carboxylic acids is 1. The van der Waals surface area contributed by atoms with Gasteiger partial charge < -0.3 is 4.90 Å². The summed E-state index contributed by atoms with van der Waals surface area (Å²) in [6.45, 7) is 5.21. The van der Waals surface area contributed by atoms with Crippen molar-refractivity contribution in [3.63, 3.8) is 0 Å². The van der Waals surface area contributed by atoms with Gasteiger partial charge in [0.05, 0.1) is 6.04 Å². The average Bonchev–Trinajstić information content (AvgIpc) is 3.20. The van der Waals surface area contributed by atoms with Crippen LogP contribution in [-0.4, -0.2) is 23.4 Å². The van der Waals surface area contributed by atoms with E-state index < -0.39 is 0 Å². The van der Waals surface area contributed by atoms with Crippen LogP contribution in [0.2, 0.25) is 5.02 Å². The molecule has 0 bridgehead atoms. The molecule has 1 aromatic rings. The van der Waals surface area contributed by atoms with E-state index in [1.54, 1.807) is 0 Å². The molecule has 0 radical (unpaired) electrons. The van der Waals surface area contributed by atoms with Crippen LogP contribution in [-0.2, 0) is 4.79 Å². The quantitative estimate of drug-likeness (QED) is 0.901. The molecule has 1 saturated carbocycles. The van der Waals surface area contributed by atoms with Crippen molar-refractivity contribution in [1.82, 2.24) is 10.2 Å². The first-order valence-corrected chi connectivity index (χ1v) is 8.24.